The smallest absolute Gasteiger partial charge is 0.248 e. The van der Waals surface area contributed by atoms with Crippen molar-refractivity contribution in [3.63, 3.8) is 0 Å². The Kier molecular flexibility index (Phi) is 6.51. The van der Waals surface area contributed by atoms with Gasteiger partial charge in [-0.15, -0.1) is 15.3 Å². The summed E-state index contributed by atoms with van der Waals surface area (Å²) >= 11 is 0. The van der Waals surface area contributed by atoms with Gasteiger partial charge in [0.1, 0.15) is 12.1 Å². The molecule has 5 rings (SSSR count). The largest absolute Gasteiger partial charge is 0.391 e. The number of carbonyl (C=O) groups is 2. The fraction of sp³-hybridized carbons (Fsp3) is 0.615. The molecule has 1 aliphatic heterocycles. The molecule has 37 heavy (non-hydrogen) atoms. The van der Waals surface area contributed by atoms with Gasteiger partial charge in [0.25, 0.3) is 0 Å². The standard InChI is InChI=1S/C26H36N8O3/c1-15(2)21(23-30-29-20-8-6-7-11-32(20)23)27-24(36)19-12-17(35)13-33(19)25(37)22(26(3,4)5)34-14-18(28-31-34)16-9-10-16/h6-8,11,14-17,19,21-22,35H,9-10,12-13H2,1-5H3,(H,27,36). The van der Waals surface area contributed by atoms with Crippen molar-refractivity contribution < 1.29 is 14.7 Å². The molecule has 3 aromatic rings. The second-order valence-corrected chi connectivity index (χ2v) is 11.8. The van der Waals surface area contributed by atoms with Crippen molar-refractivity contribution in [3.05, 3.63) is 42.1 Å². The Hall–Kier alpha value is -3.34. The van der Waals surface area contributed by atoms with E-state index >= 15 is 0 Å². The molecule has 0 aromatic carbocycles. The van der Waals surface area contributed by atoms with Gasteiger partial charge in [-0.3, -0.25) is 14.0 Å². The number of nitrogens with zero attached hydrogens (tertiary/aromatic N) is 7. The lowest BCUT2D eigenvalue weighted by atomic mass is 9.85. The van der Waals surface area contributed by atoms with E-state index in [-0.39, 0.29) is 30.7 Å². The van der Waals surface area contributed by atoms with E-state index in [0.29, 0.717) is 17.4 Å². The van der Waals surface area contributed by atoms with Crippen LogP contribution < -0.4 is 5.32 Å². The van der Waals surface area contributed by atoms with Gasteiger partial charge in [-0.25, -0.2) is 4.68 Å². The third-order valence-electron chi connectivity index (χ3n) is 7.29. The summed E-state index contributed by atoms with van der Waals surface area (Å²) in [5, 5.41) is 30.8. The molecule has 0 radical (unpaired) electrons. The van der Waals surface area contributed by atoms with E-state index in [1.165, 1.54) is 4.90 Å². The van der Waals surface area contributed by atoms with Gasteiger partial charge in [0, 0.05) is 31.3 Å². The van der Waals surface area contributed by atoms with Gasteiger partial charge in [0.15, 0.2) is 11.5 Å². The van der Waals surface area contributed by atoms with Crippen LogP contribution in [0, 0.1) is 11.3 Å². The van der Waals surface area contributed by atoms with E-state index < -0.39 is 29.6 Å². The maximum Gasteiger partial charge on any atom is 0.248 e. The number of aliphatic hydroxyl groups excluding tert-OH is 1. The van der Waals surface area contributed by atoms with E-state index in [0.717, 1.165) is 18.5 Å². The predicted octanol–water partition coefficient (Wildman–Crippen LogP) is 2.26. The van der Waals surface area contributed by atoms with E-state index in [1.807, 2.05) is 69.6 Å². The van der Waals surface area contributed by atoms with Crippen LogP contribution in [-0.2, 0) is 9.59 Å². The summed E-state index contributed by atoms with van der Waals surface area (Å²) in [6.45, 7) is 10.0. The molecule has 3 aromatic heterocycles. The normalized spacial score (nSPS) is 22.0. The van der Waals surface area contributed by atoms with Gasteiger partial charge < -0.3 is 15.3 Å². The molecule has 11 heteroatoms. The van der Waals surface area contributed by atoms with Gasteiger partial charge in [-0.1, -0.05) is 45.9 Å². The highest BCUT2D eigenvalue weighted by molar-refractivity contribution is 5.90. The van der Waals surface area contributed by atoms with Crippen molar-refractivity contribution in [2.75, 3.05) is 6.54 Å². The molecule has 1 aliphatic carbocycles. The highest BCUT2D eigenvalue weighted by Crippen LogP contribution is 2.40. The number of fused-ring (bicyclic) bond motifs is 1. The Morgan fingerprint density at radius 3 is 2.57 bits per heavy atom. The highest BCUT2D eigenvalue weighted by Gasteiger charge is 2.46. The summed E-state index contributed by atoms with van der Waals surface area (Å²) in [5.74, 6) is 0.494. The van der Waals surface area contributed by atoms with Crippen LogP contribution in [-0.4, -0.2) is 70.1 Å². The summed E-state index contributed by atoms with van der Waals surface area (Å²) in [6, 6.07) is 3.74. The van der Waals surface area contributed by atoms with Crippen LogP contribution in [0.3, 0.4) is 0 Å². The number of pyridine rings is 1. The average molecular weight is 509 g/mol. The molecule has 4 atom stereocenters. The van der Waals surface area contributed by atoms with Crippen LogP contribution in [0.5, 0.6) is 0 Å². The zero-order valence-corrected chi connectivity index (χ0v) is 22.1. The summed E-state index contributed by atoms with van der Waals surface area (Å²) in [6.07, 6.45) is 5.29. The third-order valence-corrected chi connectivity index (χ3v) is 7.29. The quantitative estimate of drug-likeness (QED) is 0.501. The highest BCUT2D eigenvalue weighted by atomic mass is 16.3. The van der Waals surface area contributed by atoms with E-state index in [4.69, 9.17) is 0 Å². The molecule has 4 unspecified atom stereocenters. The Labute approximate surface area is 216 Å². The number of β-amino-alcohol motifs (C(OH)–C–C–N with tert-alkyl or cyclic N) is 1. The van der Waals surface area contributed by atoms with Gasteiger partial charge in [0.2, 0.25) is 11.8 Å². The first-order valence-corrected chi connectivity index (χ1v) is 13.0. The molecular weight excluding hydrogens is 472 g/mol. The van der Waals surface area contributed by atoms with Crippen LogP contribution in [0.25, 0.3) is 5.65 Å². The van der Waals surface area contributed by atoms with Crippen LogP contribution in [0.15, 0.2) is 30.6 Å². The molecule has 11 nitrogen and oxygen atoms in total. The molecule has 2 amide bonds. The number of carbonyl (C=O) groups excluding carboxylic acids is 2. The van der Waals surface area contributed by atoms with Crippen molar-refractivity contribution >= 4 is 17.5 Å². The zero-order chi connectivity index (χ0) is 26.5. The van der Waals surface area contributed by atoms with Crippen LogP contribution >= 0.6 is 0 Å². The maximum absolute atomic E-state index is 14.0. The minimum absolute atomic E-state index is 0.0188. The van der Waals surface area contributed by atoms with Crippen molar-refractivity contribution in [1.82, 2.24) is 39.8 Å². The summed E-state index contributed by atoms with van der Waals surface area (Å²) in [7, 11) is 0. The van der Waals surface area contributed by atoms with Crippen molar-refractivity contribution in [1.29, 1.82) is 0 Å². The predicted molar refractivity (Wildman–Crippen MR) is 135 cm³/mol. The summed E-state index contributed by atoms with van der Waals surface area (Å²) in [4.78, 5) is 29.2. The minimum atomic E-state index is -0.806. The maximum atomic E-state index is 14.0. The Morgan fingerprint density at radius 2 is 1.89 bits per heavy atom. The minimum Gasteiger partial charge on any atom is -0.391 e. The lowest BCUT2D eigenvalue weighted by Crippen LogP contribution is -2.51. The Morgan fingerprint density at radius 1 is 1.14 bits per heavy atom. The van der Waals surface area contributed by atoms with Crippen LogP contribution in [0.1, 0.15) is 83.4 Å². The summed E-state index contributed by atoms with van der Waals surface area (Å²) in [5.41, 5.74) is 1.11. The second-order valence-electron chi connectivity index (χ2n) is 11.8. The van der Waals surface area contributed by atoms with Crippen molar-refractivity contribution in [2.24, 2.45) is 11.3 Å². The van der Waals surface area contributed by atoms with Gasteiger partial charge in [-0.2, -0.15) is 0 Å². The molecule has 2 aliphatic rings. The zero-order valence-electron chi connectivity index (χ0n) is 22.1. The Bertz CT molecular complexity index is 1290. The first kappa shape index (κ1) is 25.3. The van der Waals surface area contributed by atoms with Gasteiger partial charge in [-0.05, 0) is 36.3 Å². The SMILES string of the molecule is CC(C)C(NC(=O)C1CC(O)CN1C(=O)C(n1cc(C2CC2)nn1)C(C)(C)C)c1nnc2ccccn12. The molecule has 2 fully saturated rings. The lowest BCUT2D eigenvalue weighted by molar-refractivity contribution is -0.144. The Balaban J connectivity index is 1.40. The number of aliphatic hydroxyl groups is 1. The molecule has 1 saturated carbocycles. The first-order chi connectivity index (χ1) is 17.5. The van der Waals surface area contributed by atoms with E-state index in [2.05, 4.69) is 25.8 Å². The number of hydrogen-bond acceptors (Lipinski definition) is 7. The topological polar surface area (TPSA) is 131 Å². The first-order valence-electron chi connectivity index (χ1n) is 13.0. The van der Waals surface area contributed by atoms with Crippen molar-refractivity contribution in [3.8, 4) is 0 Å². The summed E-state index contributed by atoms with van der Waals surface area (Å²) < 4.78 is 3.49. The number of amides is 2. The van der Waals surface area contributed by atoms with Gasteiger partial charge >= 0.3 is 0 Å². The second kappa shape index (κ2) is 9.51. The van der Waals surface area contributed by atoms with Crippen LogP contribution in [0.4, 0.5) is 0 Å². The third kappa shape index (κ3) is 4.96. The molecule has 4 heterocycles. The molecule has 0 bridgehead atoms. The number of likely N-dealkylation sites (tertiary alicyclic amines) is 1. The number of hydrogen-bond donors (Lipinski definition) is 2. The van der Waals surface area contributed by atoms with E-state index in [9.17, 15) is 14.7 Å². The average Bonchev–Trinajstić information content (AvgIpc) is 3.23. The van der Waals surface area contributed by atoms with E-state index in [1.54, 1.807) is 4.68 Å². The molecule has 198 valence electrons. The number of aromatic nitrogens is 6. The lowest BCUT2D eigenvalue weighted by Gasteiger charge is -2.35. The molecule has 1 saturated heterocycles. The van der Waals surface area contributed by atoms with Gasteiger partial charge in [0.05, 0.1) is 17.8 Å². The fourth-order valence-electron chi connectivity index (χ4n) is 5.18. The van der Waals surface area contributed by atoms with Crippen molar-refractivity contribution in [2.45, 2.75) is 84.0 Å². The molecule has 2 N–H and O–H groups in total. The molecule has 0 spiro atoms. The number of nitrogens with one attached hydrogen (secondary N) is 1. The molecular formula is C26H36N8O3. The monoisotopic (exact) mass is 508 g/mol. The number of rotatable bonds is 7. The fourth-order valence-corrected chi connectivity index (χ4v) is 5.18. The van der Waals surface area contributed by atoms with Crippen LogP contribution in [0.2, 0.25) is 0 Å².